The number of hydrogen-bond acceptors (Lipinski definition) is 5. The van der Waals surface area contributed by atoms with Gasteiger partial charge in [0.05, 0.1) is 0 Å². The number of rotatable bonds is 5. The molecule has 7 nitrogen and oxygen atoms in total. The van der Waals surface area contributed by atoms with Crippen LogP contribution in [0.2, 0.25) is 0 Å². The Bertz CT molecular complexity index is 798. The van der Waals surface area contributed by atoms with E-state index < -0.39 is 5.91 Å². The van der Waals surface area contributed by atoms with Crippen LogP contribution in [0, 0.1) is 0 Å². The summed E-state index contributed by atoms with van der Waals surface area (Å²) in [5, 5.41) is 11.8. The highest BCUT2D eigenvalue weighted by atomic mass is 16.5. The van der Waals surface area contributed by atoms with Crippen LogP contribution in [0.4, 0.5) is 5.82 Å². The highest BCUT2D eigenvalue weighted by Gasteiger charge is 2.23. The van der Waals surface area contributed by atoms with Crippen LogP contribution in [0.25, 0.3) is 6.08 Å². The molecular formula is C20H22N4O3. The predicted octanol–water partition coefficient (Wildman–Crippen LogP) is 2.32. The average molecular weight is 366 g/mol. The lowest BCUT2D eigenvalue weighted by molar-refractivity contribution is -0.124. The van der Waals surface area contributed by atoms with Gasteiger partial charge in [0.15, 0.2) is 0 Å². The molecule has 27 heavy (non-hydrogen) atoms. The van der Waals surface area contributed by atoms with E-state index in [1.807, 2.05) is 47.4 Å². The molecule has 0 bridgehead atoms. The molecule has 1 aliphatic heterocycles. The van der Waals surface area contributed by atoms with E-state index in [2.05, 4.69) is 10.3 Å². The third kappa shape index (κ3) is 5.15. The third-order valence-electron chi connectivity index (χ3n) is 4.48. The Morgan fingerprint density at radius 3 is 2.48 bits per heavy atom. The number of carbonyl (C=O) groups excluding carboxylic acids is 2. The Morgan fingerprint density at radius 2 is 1.85 bits per heavy atom. The Kier molecular flexibility index (Phi) is 6.17. The maximum atomic E-state index is 12.5. The summed E-state index contributed by atoms with van der Waals surface area (Å²) in [5.41, 5.74) is 3.02. The molecule has 1 aromatic carbocycles. The van der Waals surface area contributed by atoms with Gasteiger partial charge >= 0.3 is 0 Å². The standard InChI is InChI=1S/C20H22N4O3/c25-19(23-27)9-7-15-6-8-18(21-14-15)22-17-10-12-24(13-11-17)20(26)16-4-2-1-3-5-16/h1-9,14,17,27H,10-13H2,(H,21,22)(H,23,25)/b9-7+. The van der Waals surface area contributed by atoms with E-state index in [4.69, 9.17) is 5.21 Å². The smallest absolute Gasteiger partial charge is 0.267 e. The summed E-state index contributed by atoms with van der Waals surface area (Å²) in [7, 11) is 0. The summed E-state index contributed by atoms with van der Waals surface area (Å²) >= 11 is 0. The number of benzene rings is 1. The number of pyridine rings is 1. The zero-order valence-corrected chi connectivity index (χ0v) is 14.8. The molecule has 0 spiro atoms. The topological polar surface area (TPSA) is 94.6 Å². The quantitative estimate of drug-likeness (QED) is 0.429. The van der Waals surface area contributed by atoms with Crippen molar-refractivity contribution >= 4 is 23.7 Å². The molecule has 3 N–H and O–H groups in total. The summed E-state index contributed by atoms with van der Waals surface area (Å²) in [4.78, 5) is 29.7. The van der Waals surface area contributed by atoms with Crippen LogP contribution in [0.15, 0.2) is 54.7 Å². The van der Waals surface area contributed by atoms with Crippen molar-refractivity contribution in [1.82, 2.24) is 15.4 Å². The molecule has 1 aromatic heterocycles. The molecule has 2 amide bonds. The second-order valence-electron chi connectivity index (χ2n) is 6.36. The van der Waals surface area contributed by atoms with Crippen molar-refractivity contribution in [2.75, 3.05) is 18.4 Å². The highest BCUT2D eigenvalue weighted by molar-refractivity contribution is 5.94. The predicted molar refractivity (Wildman–Crippen MR) is 102 cm³/mol. The van der Waals surface area contributed by atoms with Crippen molar-refractivity contribution in [3.05, 3.63) is 65.9 Å². The van der Waals surface area contributed by atoms with E-state index in [0.717, 1.165) is 29.8 Å². The Hall–Kier alpha value is -3.19. The number of amides is 2. The van der Waals surface area contributed by atoms with E-state index in [9.17, 15) is 9.59 Å². The van der Waals surface area contributed by atoms with Gasteiger partial charge in [0, 0.05) is 37.0 Å². The molecule has 1 aliphatic rings. The molecule has 0 aliphatic carbocycles. The molecule has 1 saturated heterocycles. The van der Waals surface area contributed by atoms with Gasteiger partial charge in [0.2, 0.25) is 0 Å². The van der Waals surface area contributed by atoms with Crippen LogP contribution in [0.5, 0.6) is 0 Å². The average Bonchev–Trinajstić information content (AvgIpc) is 2.73. The summed E-state index contributed by atoms with van der Waals surface area (Å²) in [6.45, 7) is 1.42. The van der Waals surface area contributed by atoms with Crippen LogP contribution in [0.1, 0.15) is 28.8 Å². The first-order valence-electron chi connectivity index (χ1n) is 8.85. The summed E-state index contributed by atoms with van der Waals surface area (Å²) < 4.78 is 0. The molecule has 3 rings (SSSR count). The minimum atomic E-state index is -0.589. The van der Waals surface area contributed by atoms with Crippen molar-refractivity contribution in [1.29, 1.82) is 0 Å². The summed E-state index contributed by atoms with van der Waals surface area (Å²) in [6, 6.07) is 13.3. The Balaban J connectivity index is 1.50. The first-order chi connectivity index (χ1) is 13.2. The number of carbonyl (C=O) groups is 2. The molecule has 140 valence electrons. The fraction of sp³-hybridized carbons (Fsp3) is 0.250. The SMILES string of the molecule is O=C(/C=C/c1ccc(NC2CCN(C(=O)c3ccccc3)CC2)nc1)NO. The van der Waals surface area contributed by atoms with Gasteiger partial charge in [0.25, 0.3) is 11.8 Å². The number of piperidine rings is 1. The molecule has 2 heterocycles. The summed E-state index contributed by atoms with van der Waals surface area (Å²) in [6.07, 6.45) is 6.16. The second-order valence-corrected chi connectivity index (χ2v) is 6.36. The number of nitrogens with one attached hydrogen (secondary N) is 2. The zero-order chi connectivity index (χ0) is 19.1. The second kappa shape index (κ2) is 8.95. The maximum absolute atomic E-state index is 12.5. The van der Waals surface area contributed by atoms with E-state index >= 15 is 0 Å². The molecule has 0 saturated carbocycles. The van der Waals surface area contributed by atoms with E-state index in [1.165, 1.54) is 11.6 Å². The van der Waals surface area contributed by atoms with E-state index in [0.29, 0.717) is 13.1 Å². The van der Waals surface area contributed by atoms with Crippen LogP contribution in [-0.4, -0.2) is 46.0 Å². The van der Waals surface area contributed by atoms with Crippen LogP contribution >= 0.6 is 0 Å². The molecule has 1 fully saturated rings. The molecule has 7 heteroatoms. The lowest BCUT2D eigenvalue weighted by Crippen LogP contribution is -2.42. The van der Waals surface area contributed by atoms with Crippen molar-refractivity contribution in [2.45, 2.75) is 18.9 Å². The number of nitrogens with zero attached hydrogens (tertiary/aromatic N) is 2. The van der Waals surface area contributed by atoms with Gasteiger partial charge in [-0.15, -0.1) is 0 Å². The molecule has 0 unspecified atom stereocenters. The van der Waals surface area contributed by atoms with Gasteiger partial charge in [-0.05, 0) is 48.7 Å². The number of aromatic nitrogens is 1. The van der Waals surface area contributed by atoms with Gasteiger partial charge in [0.1, 0.15) is 5.82 Å². The Morgan fingerprint density at radius 1 is 1.11 bits per heavy atom. The molecule has 0 radical (unpaired) electrons. The van der Waals surface area contributed by atoms with E-state index in [-0.39, 0.29) is 11.9 Å². The third-order valence-corrected chi connectivity index (χ3v) is 4.48. The number of likely N-dealkylation sites (tertiary alicyclic amines) is 1. The van der Waals surface area contributed by atoms with Gasteiger partial charge in [-0.25, -0.2) is 10.5 Å². The fourth-order valence-corrected chi connectivity index (χ4v) is 3.00. The Labute approximate surface area is 157 Å². The monoisotopic (exact) mass is 366 g/mol. The number of hydrogen-bond donors (Lipinski definition) is 3. The van der Waals surface area contributed by atoms with Gasteiger partial charge in [-0.1, -0.05) is 18.2 Å². The largest absolute Gasteiger partial charge is 0.367 e. The van der Waals surface area contributed by atoms with Crippen LogP contribution in [-0.2, 0) is 4.79 Å². The minimum Gasteiger partial charge on any atom is -0.367 e. The number of hydroxylamine groups is 1. The van der Waals surface area contributed by atoms with Crippen molar-refractivity contribution in [3.8, 4) is 0 Å². The number of anilines is 1. The first-order valence-corrected chi connectivity index (χ1v) is 8.85. The molecular weight excluding hydrogens is 344 g/mol. The normalized spacial score (nSPS) is 14.9. The van der Waals surface area contributed by atoms with Gasteiger partial charge in [-0.2, -0.15) is 0 Å². The molecule has 2 aromatic rings. The fourth-order valence-electron chi connectivity index (χ4n) is 3.00. The van der Waals surface area contributed by atoms with Crippen molar-refractivity contribution in [3.63, 3.8) is 0 Å². The first kappa shape index (κ1) is 18.6. The van der Waals surface area contributed by atoms with Gasteiger partial charge in [-0.3, -0.25) is 14.8 Å². The van der Waals surface area contributed by atoms with Crippen molar-refractivity contribution in [2.24, 2.45) is 0 Å². The minimum absolute atomic E-state index is 0.0789. The van der Waals surface area contributed by atoms with Crippen LogP contribution in [0.3, 0.4) is 0 Å². The van der Waals surface area contributed by atoms with Crippen LogP contribution < -0.4 is 10.8 Å². The van der Waals surface area contributed by atoms with Crippen molar-refractivity contribution < 1.29 is 14.8 Å². The maximum Gasteiger partial charge on any atom is 0.267 e. The lowest BCUT2D eigenvalue weighted by atomic mass is 10.0. The highest BCUT2D eigenvalue weighted by Crippen LogP contribution is 2.17. The summed E-state index contributed by atoms with van der Waals surface area (Å²) in [5.74, 6) is 0.246. The van der Waals surface area contributed by atoms with Gasteiger partial charge < -0.3 is 10.2 Å². The zero-order valence-electron chi connectivity index (χ0n) is 14.8. The molecule has 0 atom stereocenters. The lowest BCUT2D eigenvalue weighted by Gasteiger charge is -2.32. The van der Waals surface area contributed by atoms with E-state index in [1.54, 1.807) is 12.3 Å².